The summed E-state index contributed by atoms with van der Waals surface area (Å²) in [5, 5.41) is 5.17. The Morgan fingerprint density at radius 2 is 1.97 bits per heavy atom. The molecule has 1 fully saturated rings. The van der Waals surface area contributed by atoms with Crippen LogP contribution in [0.5, 0.6) is 0 Å². The molecule has 4 nitrogen and oxygen atoms in total. The highest BCUT2D eigenvalue weighted by atomic mass is 35.5. The molecular formula is C22H21Cl2N3OS. The van der Waals surface area contributed by atoms with Crippen molar-refractivity contribution in [2.45, 2.75) is 25.9 Å². The van der Waals surface area contributed by atoms with Crippen LogP contribution in [-0.4, -0.2) is 21.5 Å². The van der Waals surface area contributed by atoms with Gasteiger partial charge in [-0.15, -0.1) is 0 Å². The summed E-state index contributed by atoms with van der Waals surface area (Å²) in [6.07, 6.45) is 1.80. The Hall–Kier alpha value is -2.08. The van der Waals surface area contributed by atoms with Gasteiger partial charge >= 0.3 is 0 Å². The molecule has 0 saturated carbocycles. The summed E-state index contributed by atoms with van der Waals surface area (Å²) in [7, 11) is 0. The first kappa shape index (κ1) is 20.2. The van der Waals surface area contributed by atoms with E-state index in [1.807, 2.05) is 42.5 Å². The highest BCUT2D eigenvalue weighted by Crippen LogP contribution is 2.41. The van der Waals surface area contributed by atoms with E-state index in [-0.39, 0.29) is 12.1 Å². The minimum Gasteiger partial charge on any atom is -0.459 e. The van der Waals surface area contributed by atoms with Crippen LogP contribution in [0.15, 0.2) is 59.1 Å². The number of pyridine rings is 1. The Kier molecular flexibility index (Phi) is 5.81. The van der Waals surface area contributed by atoms with Crippen LogP contribution in [-0.2, 0) is 0 Å². The number of aromatic nitrogens is 1. The molecule has 2 aromatic heterocycles. The number of nitrogens with zero attached hydrogens (tertiary/aromatic N) is 2. The molecule has 7 heteroatoms. The smallest absolute Gasteiger partial charge is 0.170 e. The molecule has 0 radical (unpaired) electrons. The van der Waals surface area contributed by atoms with Gasteiger partial charge < -0.3 is 14.6 Å². The van der Waals surface area contributed by atoms with Crippen LogP contribution in [0.4, 0.5) is 0 Å². The molecule has 0 bridgehead atoms. The van der Waals surface area contributed by atoms with Gasteiger partial charge in [-0.05, 0) is 60.6 Å². The van der Waals surface area contributed by atoms with Crippen molar-refractivity contribution >= 4 is 40.5 Å². The maximum absolute atomic E-state index is 6.29. The number of thiocarbonyl (C=S) groups is 1. The predicted octanol–water partition coefficient (Wildman–Crippen LogP) is 6.28. The molecule has 1 N–H and O–H groups in total. The molecule has 3 aromatic rings. The average Bonchev–Trinajstić information content (AvgIpc) is 3.30. The van der Waals surface area contributed by atoms with E-state index in [1.165, 1.54) is 0 Å². The fourth-order valence-electron chi connectivity index (χ4n) is 3.62. The van der Waals surface area contributed by atoms with Gasteiger partial charge in [-0.2, -0.15) is 0 Å². The van der Waals surface area contributed by atoms with Crippen LogP contribution < -0.4 is 5.32 Å². The molecular weight excluding hydrogens is 425 g/mol. The summed E-state index contributed by atoms with van der Waals surface area (Å²) < 4.78 is 6.29. The van der Waals surface area contributed by atoms with Crippen molar-refractivity contribution in [3.8, 4) is 11.3 Å². The van der Waals surface area contributed by atoms with E-state index in [0.29, 0.717) is 21.1 Å². The van der Waals surface area contributed by atoms with Crippen LogP contribution in [0.3, 0.4) is 0 Å². The van der Waals surface area contributed by atoms with Crippen LogP contribution in [0.25, 0.3) is 11.3 Å². The van der Waals surface area contributed by atoms with Crippen molar-refractivity contribution in [2.75, 3.05) is 6.54 Å². The summed E-state index contributed by atoms with van der Waals surface area (Å²) in [6, 6.07) is 15.2. The summed E-state index contributed by atoms with van der Waals surface area (Å²) in [5.74, 6) is 2.01. The molecule has 0 spiro atoms. The van der Waals surface area contributed by atoms with Crippen molar-refractivity contribution in [2.24, 2.45) is 5.92 Å². The van der Waals surface area contributed by atoms with E-state index in [2.05, 4.69) is 29.0 Å². The monoisotopic (exact) mass is 445 g/mol. The molecule has 1 aromatic carbocycles. The lowest BCUT2D eigenvalue weighted by Gasteiger charge is -2.27. The zero-order valence-electron chi connectivity index (χ0n) is 16.1. The number of benzene rings is 1. The lowest BCUT2D eigenvalue weighted by molar-refractivity contribution is 0.253. The van der Waals surface area contributed by atoms with Crippen molar-refractivity contribution in [3.05, 3.63) is 76.2 Å². The molecule has 1 aliphatic rings. The highest BCUT2D eigenvalue weighted by Gasteiger charge is 2.41. The maximum Gasteiger partial charge on any atom is 0.170 e. The first-order valence-electron chi connectivity index (χ1n) is 9.47. The van der Waals surface area contributed by atoms with Gasteiger partial charge in [0.2, 0.25) is 0 Å². The SMILES string of the molecule is CC(C)CN1C(=S)N[C@H](c2ccccn2)[C@@H]1c1ccc(-c2ccc(Cl)c(Cl)c2)o1. The van der Waals surface area contributed by atoms with Gasteiger partial charge in [-0.25, -0.2) is 0 Å². The second-order valence-corrected chi connectivity index (χ2v) is 8.70. The van der Waals surface area contributed by atoms with Crippen molar-refractivity contribution < 1.29 is 4.42 Å². The molecule has 3 heterocycles. The quantitative estimate of drug-likeness (QED) is 0.468. The number of hydrogen-bond donors (Lipinski definition) is 1. The van der Waals surface area contributed by atoms with E-state index < -0.39 is 0 Å². The summed E-state index contributed by atoms with van der Waals surface area (Å²) >= 11 is 17.9. The summed E-state index contributed by atoms with van der Waals surface area (Å²) in [6.45, 7) is 5.18. The lowest BCUT2D eigenvalue weighted by Crippen LogP contribution is -2.32. The third kappa shape index (κ3) is 4.13. The van der Waals surface area contributed by atoms with Crippen molar-refractivity contribution in [1.29, 1.82) is 0 Å². The minimum absolute atomic E-state index is 0.0867. The largest absolute Gasteiger partial charge is 0.459 e. The Balaban J connectivity index is 1.73. The van der Waals surface area contributed by atoms with Crippen molar-refractivity contribution in [1.82, 2.24) is 15.2 Å². The zero-order chi connectivity index (χ0) is 20.5. The fraction of sp³-hybridized carbons (Fsp3) is 0.273. The second kappa shape index (κ2) is 8.34. The lowest BCUT2D eigenvalue weighted by atomic mass is 10.0. The van der Waals surface area contributed by atoms with Crippen LogP contribution in [0.1, 0.15) is 37.4 Å². The Labute approximate surface area is 185 Å². The fourth-order valence-corrected chi connectivity index (χ4v) is 4.23. The van der Waals surface area contributed by atoms with Gasteiger partial charge in [0.1, 0.15) is 17.6 Å². The van der Waals surface area contributed by atoms with Gasteiger partial charge in [0.05, 0.1) is 21.8 Å². The van der Waals surface area contributed by atoms with Crippen molar-refractivity contribution in [3.63, 3.8) is 0 Å². The van der Waals surface area contributed by atoms with Gasteiger partial charge in [-0.3, -0.25) is 4.98 Å². The Morgan fingerprint density at radius 1 is 1.14 bits per heavy atom. The molecule has 1 aliphatic heterocycles. The maximum atomic E-state index is 6.29. The van der Waals surface area contributed by atoms with Gasteiger partial charge in [0.25, 0.3) is 0 Å². The topological polar surface area (TPSA) is 41.3 Å². The van der Waals surface area contributed by atoms with Gasteiger partial charge in [0, 0.05) is 18.3 Å². The van der Waals surface area contributed by atoms with E-state index >= 15 is 0 Å². The number of halogens is 2. The van der Waals surface area contributed by atoms with E-state index in [4.69, 9.17) is 39.8 Å². The first-order valence-corrected chi connectivity index (χ1v) is 10.6. The second-order valence-electron chi connectivity index (χ2n) is 7.50. The number of rotatable bonds is 5. The molecule has 29 heavy (non-hydrogen) atoms. The molecule has 1 saturated heterocycles. The van der Waals surface area contributed by atoms with Gasteiger partial charge in [0.15, 0.2) is 5.11 Å². The first-order chi connectivity index (χ1) is 13.9. The number of furan rings is 1. The normalized spacial score (nSPS) is 19.1. The number of hydrogen-bond acceptors (Lipinski definition) is 3. The minimum atomic E-state index is -0.0877. The molecule has 4 rings (SSSR count). The Bertz CT molecular complexity index is 1020. The molecule has 0 unspecified atom stereocenters. The van der Waals surface area contributed by atoms with Crippen LogP contribution in [0, 0.1) is 5.92 Å². The average molecular weight is 446 g/mol. The summed E-state index contributed by atoms with van der Waals surface area (Å²) in [5.41, 5.74) is 1.81. The van der Waals surface area contributed by atoms with Crippen LogP contribution >= 0.6 is 35.4 Å². The molecule has 0 aliphatic carbocycles. The molecule has 150 valence electrons. The van der Waals surface area contributed by atoms with E-state index in [1.54, 1.807) is 12.3 Å². The zero-order valence-corrected chi connectivity index (χ0v) is 18.4. The highest BCUT2D eigenvalue weighted by molar-refractivity contribution is 7.80. The number of nitrogens with one attached hydrogen (secondary N) is 1. The van der Waals surface area contributed by atoms with Crippen LogP contribution in [0.2, 0.25) is 10.0 Å². The predicted molar refractivity (Wildman–Crippen MR) is 121 cm³/mol. The Morgan fingerprint density at radius 3 is 2.66 bits per heavy atom. The summed E-state index contributed by atoms with van der Waals surface area (Å²) in [4.78, 5) is 6.74. The van der Waals surface area contributed by atoms with E-state index in [0.717, 1.165) is 29.3 Å². The molecule has 2 atom stereocenters. The third-order valence-corrected chi connectivity index (χ3v) is 5.97. The standard InChI is InChI=1S/C22H21Cl2N3OS/c1-13(2)12-27-21(20(26-22(27)29)17-5-3-4-10-25-17)19-9-8-18(28-19)14-6-7-15(23)16(24)11-14/h3-11,13,20-21H,12H2,1-2H3,(H,26,29)/t20-,21+/m1/s1. The molecule has 0 amide bonds. The van der Waals surface area contributed by atoms with Gasteiger partial charge in [-0.1, -0.05) is 43.1 Å². The third-order valence-electron chi connectivity index (χ3n) is 4.88. The van der Waals surface area contributed by atoms with E-state index in [9.17, 15) is 0 Å².